The van der Waals surface area contributed by atoms with Crippen molar-refractivity contribution in [1.82, 2.24) is 9.71 Å². The minimum absolute atomic E-state index is 0.215. The minimum Gasteiger partial charge on any atom is -0.335 e. The van der Waals surface area contributed by atoms with Crippen LogP contribution in [0.2, 0.25) is 0 Å². The average Bonchev–Trinajstić information content (AvgIpc) is 2.75. The summed E-state index contributed by atoms with van der Waals surface area (Å²) in [6.45, 7) is 3.09. The lowest BCUT2D eigenvalue weighted by Gasteiger charge is -2.36. The second kappa shape index (κ2) is 10.4. The first-order valence-electron chi connectivity index (χ1n) is 10.4. The Morgan fingerprint density at radius 2 is 2.00 bits per heavy atom. The molecule has 3 rings (SSSR count). The summed E-state index contributed by atoms with van der Waals surface area (Å²) in [4.78, 5) is 6.91. The summed E-state index contributed by atoms with van der Waals surface area (Å²) < 4.78 is 41.4. The molecule has 1 aromatic heterocycles. The van der Waals surface area contributed by atoms with E-state index in [1.165, 1.54) is 18.2 Å². The number of thiocarbonyl (C=S) groups is 1. The van der Waals surface area contributed by atoms with E-state index in [4.69, 9.17) is 12.2 Å². The van der Waals surface area contributed by atoms with E-state index < -0.39 is 15.8 Å². The lowest BCUT2D eigenvalue weighted by Crippen LogP contribution is -2.40. The Bertz CT molecular complexity index is 954. The molecule has 2 atom stereocenters. The standard InChI is InChI=1S/C22H28FN3O2S2/c1-2-26(18-9-7-14-24-16-18)22(29)19-10-4-3-8-17(19)13-15-25-30(27,28)21-12-6-5-11-20(21)23/h5-7,9,11-12,14,16-17,19,25H,2-4,8,10,13,15H2,1H3/t17-,19+/m0/s1. The number of benzene rings is 1. The first kappa shape index (κ1) is 22.8. The van der Waals surface area contributed by atoms with Gasteiger partial charge in [0, 0.05) is 25.2 Å². The van der Waals surface area contributed by atoms with Crippen LogP contribution in [-0.2, 0) is 10.0 Å². The van der Waals surface area contributed by atoms with E-state index in [0.29, 0.717) is 12.3 Å². The van der Waals surface area contributed by atoms with Crippen molar-refractivity contribution < 1.29 is 12.8 Å². The van der Waals surface area contributed by atoms with Crippen molar-refractivity contribution >= 4 is 32.9 Å². The fourth-order valence-electron chi connectivity index (χ4n) is 4.18. The summed E-state index contributed by atoms with van der Waals surface area (Å²) >= 11 is 5.88. The molecule has 0 unspecified atom stereocenters. The number of sulfonamides is 1. The van der Waals surface area contributed by atoms with Crippen LogP contribution in [0.3, 0.4) is 0 Å². The largest absolute Gasteiger partial charge is 0.335 e. The maximum atomic E-state index is 13.9. The summed E-state index contributed by atoms with van der Waals surface area (Å²) in [5.41, 5.74) is 0.981. The number of pyridine rings is 1. The molecular formula is C22H28FN3O2S2. The predicted octanol–water partition coefficient (Wildman–Crippen LogP) is 4.55. The number of nitrogens with zero attached hydrogens (tertiary/aromatic N) is 2. The predicted molar refractivity (Wildman–Crippen MR) is 122 cm³/mol. The van der Waals surface area contributed by atoms with Crippen LogP contribution in [0.25, 0.3) is 0 Å². The van der Waals surface area contributed by atoms with Crippen LogP contribution in [0, 0.1) is 17.7 Å². The summed E-state index contributed by atoms with van der Waals surface area (Å²) in [7, 11) is -3.87. The molecule has 1 saturated carbocycles. The molecule has 0 saturated heterocycles. The van der Waals surface area contributed by atoms with Gasteiger partial charge in [0.05, 0.1) is 16.9 Å². The maximum Gasteiger partial charge on any atom is 0.243 e. The molecule has 0 aliphatic heterocycles. The summed E-state index contributed by atoms with van der Waals surface area (Å²) in [5, 5.41) is 0. The Labute approximate surface area is 183 Å². The van der Waals surface area contributed by atoms with Gasteiger partial charge in [-0.2, -0.15) is 0 Å². The lowest BCUT2D eigenvalue weighted by atomic mass is 9.77. The monoisotopic (exact) mass is 449 g/mol. The van der Waals surface area contributed by atoms with Crippen LogP contribution in [-0.4, -0.2) is 31.5 Å². The number of hydrogen-bond donors (Lipinski definition) is 1. The van der Waals surface area contributed by atoms with E-state index in [2.05, 4.69) is 21.5 Å². The molecule has 2 aromatic rings. The molecular weight excluding hydrogens is 421 g/mol. The zero-order chi connectivity index (χ0) is 21.6. The Morgan fingerprint density at radius 1 is 1.23 bits per heavy atom. The molecule has 162 valence electrons. The first-order chi connectivity index (χ1) is 14.4. The van der Waals surface area contributed by atoms with Gasteiger partial charge in [0.15, 0.2) is 0 Å². The third-order valence-corrected chi connectivity index (χ3v) is 7.72. The molecule has 1 aromatic carbocycles. The van der Waals surface area contributed by atoms with Gasteiger partial charge in [0.1, 0.15) is 10.7 Å². The fraction of sp³-hybridized carbons (Fsp3) is 0.455. The molecule has 1 aliphatic rings. The molecule has 0 amide bonds. The molecule has 0 bridgehead atoms. The van der Waals surface area contributed by atoms with E-state index in [-0.39, 0.29) is 17.4 Å². The van der Waals surface area contributed by atoms with Crippen LogP contribution in [0.15, 0.2) is 53.7 Å². The van der Waals surface area contributed by atoms with Crippen molar-refractivity contribution in [2.24, 2.45) is 11.8 Å². The van der Waals surface area contributed by atoms with E-state index in [1.807, 2.05) is 18.3 Å². The molecule has 1 fully saturated rings. The van der Waals surface area contributed by atoms with Crippen LogP contribution in [0.4, 0.5) is 10.1 Å². The molecule has 0 radical (unpaired) electrons. The number of anilines is 1. The van der Waals surface area contributed by atoms with Crippen molar-refractivity contribution in [1.29, 1.82) is 0 Å². The third-order valence-electron chi connectivity index (χ3n) is 5.70. The van der Waals surface area contributed by atoms with Gasteiger partial charge in [-0.25, -0.2) is 17.5 Å². The summed E-state index contributed by atoms with van der Waals surface area (Å²) in [6.07, 6.45) is 8.47. The van der Waals surface area contributed by atoms with Gasteiger partial charge in [-0.1, -0.05) is 37.2 Å². The van der Waals surface area contributed by atoms with Crippen LogP contribution in [0.5, 0.6) is 0 Å². The zero-order valence-corrected chi connectivity index (χ0v) is 18.8. The number of hydrogen-bond acceptors (Lipinski definition) is 4. The van der Waals surface area contributed by atoms with Gasteiger partial charge in [0.2, 0.25) is 10.0 Å². The zero-order valence-electron chi connectivity index (χ0n) is 17.1. The van der Waals surface area contributed by atoms with Crippen LogP contribution in [0.1, 0.15) is 39.0 Å². The normalized spacial score (nSPS) is 19.4. The van der Waals surface area contributed by atoms with Crippen LogP contribution >= 0.6 is 12.2 Å². The fourth-order valence-corrected chi connectivity index (χ4v) is 5.85. The van der Waals surface area contributed by atoms with Crippen molar-refractivity contribution in [3.8, 4) is 0 Å². The smallest absolute Gasteiger partial charge is 0.243 e. The van der Waals surface area contributed by atoms with Crippen molar-refractivity contribution in [2.75, 3.05) is 18.0 Å². The number of halogens is 1. The van der Waals surface area contributed by atoms with E-state index >= 15 is 0 Å². The highest BCUT2D eigenvalue weighted by Crippen LogP contribution is 2.35. The van der Waals surface area contributed by atoms with Crippen molar-refractivity contribution in [3.05, 3.63) is 54.6 Å². The highest BCUT2D eigenvalue weighted by Gasteiger charge is 2.31. The molecule has 1 N–H and O–H groups in total. The number of rotatable bonds is 8. The number of aromatic nitrogens is 1. The Hall–Kier alpha value is -1.90. The van der Waals surface area contributed by atoms with Crippen LogP contribution < -0.4 is 9.62 Å². The van der Waals surface area contributed by atoms with Crippen molar-refractivity contribution in [2.45, 2.75) is 43.9 Å². The van der Waals surface area contributed by atoms with Gasteiger partial charge in [-0.05, 0) is 56.4 Å². The summed E-state index contributed by atoms with van der Waals surface area (Å²) in [6, 6.07) is 9.33. The molecule has 0 spiro atoms. The molecule has 1 heterocycles. The van der Waals surface area contributed by atoms with Gasteiger partial charge in [0.25, 0.3) is 0 Å². The SMILES string of the molecule is CCN(C(=S)[C@@H]1CCCC[C@H]1CCNS(=O)(=O)c1ccccc1F)c1cccnc1. The second-order valence-corrected chi connectivity index (χ2v) is 9.72. The first-order valence-corrected chi connectivity index (χ1v) is 12.3. The van der Waals surface area contributed by atoms with Gasteiger partial charge in [-0.15, -0.1) is 0 Å². The summed E-state index contributed by atoms with van der Waals surface area (Å²) in [5.74, 6) is -0.232. The van der Waals surface area contributed by atoms with E-state index in [9.17, 15) is 12.8 Å². The maximum absolute atomic E-state index is 13.9. The molecule has 8 heteroatoms. The van der Waals surface area contributed by atoms with E-state index in [0.717, 1.165) is 49.0 Å². The quantitative estimate of drug-likeness (QED) is 0.599. The van der Waals surface area contributed by atoms with E-state index in [1.54, 1.807) is 6.20 Å². The molecule has 30 heavy (non-hydrogen) atoms. The second-order valence-electron chi connectivity index (χ2n) is 7.56. The topological polar surface area (TPSA) is 62.3 Å². The Morgan fingerprint density at radius 3 is 2.70 bits per heavy atom. The molecule has 1 aliphatic carbocycles. The Kier molecular flexibility index (Phi) is 7.91. The molecule has 5 nitrogen and oxygen atoms in total. The van der Waals surface area contributed by atoms with Gasteiger partial charge in [-0.3, -0.25) is 4.98 Å². The third kappa shape index (κ3) is 5.42. The lowest BCUT2D eigenvalue weighted by molar-refractivity contribution is 0.286. The highest BCUT2D eigenvalue weighted by molar-refractivity contribution is 7.89. The average molecular weight is 450 g/mol. The minimum atomic E-state index is -3.87. The Balaban J connectivity index is 1.66. The van der Waals surface area contributed by atoms with Gasteiger partial charge < -0.3 is 4.90 Å². The van der Waals surface area contributed by atoms with Crippen molar-refractivity contribution in [3.63, 3.8) is 0 Å². The van der Waals surface area contributed by atoms with Gasteiger partial charge >= 0.3 is 0 Å². The number of nitrogens with one attached hydrogen (secondary N) is 1. The highest BCUT2D eigenvalue weighted by atomic mass is 32.2.